The quantitative estimate of drug-likeness (QED) is 0.586. The Morgan fingerprint density at radius 1 is 1.35 bits per heavy atom. The fourth-order valence-corrected chi connectivity index (χ4v) is 2.01. The second kappa shape index (κ2) is 6.59. The van der Waals surface area contributed by atoms with E-state index in [4.69, 9.17) is 15.3 Å². The van der Waals surface area contributed by atoms with Crippen LogP contribution in [0.1, 0.15) is 29.7 Å². The highest BCUT2D eigenvalue weighted by Crippen LogP contribution is 2.29. The number of hydrazine groups is 1. The van der Waals surface area contributed by atoms with E-state index in [-0.39, 0.29) is 6.04 Å². The van der Waals surface area contributed by atoms with Gasteiger partial charge in [0.2, 0.25) is 0 Å². The van der Waals surface area contributed by atoms with Crippen LogP contribution in [-0.4, -0.2) is 20.3 Å². The number of rotatable bonds is 6. The molecule has 0 aliphatic carbocycles. The number of benzene rings is 1. The molecule has 0 saturated heterocycles. The summed E-state index contributed by atoms with van der Waals surface area (Å²) in [6, 6.07) is 4.08. The Morgan fingerprint density at radius 3 is 2.59 bits per heavy atom. The summed E-state index contributed by atoms with van der Waals surface area (Å²) in [6.45, 7) is 7.28. The molecular formula is C13H22N2O2. The number of hydrogen-bond donors (Lipinski definition) is 2. The molecule has 17 heavy (non-hydrogen) atoms. The van der Waals surface area contributed by atoms with Crippen LogP contribution in [-0.2, 0) is 4.74 Å². The van der Waals surface area contributed by atoms with Gasteiger partial charge in [0.05, 0.1) is 19.8 Å². The second-order valence-electron chi connectivity index (χ2n) is 4.08. The number of methoxy groups -OCH3 is 1. The topological polar surface area (TPSA) is 56.5 Å². The zero-order chi connectivity index (χ0) is 12.8. The van der Waals surface area contributed by atoms with Crippen LogP contribution >= 0.6 is 0 Å². The van der Waals surface area contributed by atoms with Gasteiger partial charge in [-0.05, 0) is 38.0 Å². The van der Waals surface area contributed by atoms with E-state index in [2.05, 4.69) is 18.4 Å². The molecule has 0 bridgehead atoms. The fraction of sp³-hybridized carbons (Fsp3) is 0.538. The van der Waals surface area contributed by atoms with Crippen molar-refractivity contribution in [1.82, 2.24) is 5.43 Å². The third-order valence-corrected chi connectivity index (χ3v) is 2.75. The fourth-order valence-electron chi connectivity index (χ4n) is 2.01. The van der Waals surface area contributed by atoms with Crippen molar-refractivity contribution in [2.24, 2.45) is 5.84 Å². The van der Waals surface area contributed by atoms with Crippen LogP contribution in [0.25, 0.3) is 0 Å². The minimum Gasteiger partial charge on any atom is -0.496 e. The predicted molar refractivity (Wildman–Crippen MR) is 69.0 cm³/mol. The van der Waals surface area contributed by atoms with Crippen molar-refractivity contribution >= 4 is 0 Å². The third kappa shape index (κ3) is 3.43. The van der Waals surface area contributed by atoms with Gasteiger partial charge in [0.1, 0.15) is 5.75 Å². The monoisotopic (exact) mass is 238 g/mol. The maximum Gasteiger partial charge on any atom is 0.124 e. The molecule has 4 nitrogen and oxygen atoms in total. The van der Waals surface area contributed by atoms with Crippen LogP contribution < -0.4 is 16.0 Å². The van der Waals surface area contributed by atoms with Gasteiger partial charge in [0, 0.05) is 12.2 Å². The van der Waals surface area contributed by atoms with Crippen LogP contribution in [0.15, 0.2) is 12.1 Å². The Hall–Kier alpha value is -1.10. The van der Waals surface area contributed by atoms with Crippen LogP contribution in [0, 0.1) is 13.8 Å². The largest absolute Gasteiger partial charge is 0.496 e. The van der Waals surface area contributed by atoms with Crippen molar-refractivity contribution in [2.75, 3.05) is 20.3 Å². The SMILES string of the molecule is CCOCC(NN)c1c(C)cc(C)cc1OC. The van der Waals surface area contributed by atoms with E-state index >= 15 is 0 Å². The average Bonchev–Trinajstić information content (AvgIpc) is 2.31. The third-order valence-electron chi connectivity index (χ3n) is 2.75. The van der Waals surface area contributed by atoms with Gasteiger partial charge >= 0.3 is 0 Å². The Labute approximate surface area is 103 Å². The highest BCUT2D eigenvalue weighted by molar-refractivity contribution is 5.45. The lowest BCUT2D eigenvalue weighted by Gasteiger charge is -2.21. The van der Waals surface area contributed by atoms with Gasteiger partial charge < -0.3 is 9.47 Å². The van der Waals surface area contributed by atoms with Gasteiger partial charge in [-0.25, -0.2) is 0 Å². The van der Waals surface area contributed by atoms with E-state index in [0.29, 0.717) is 13.2 Å². The van der Waals surface area contributed by atoms with Gasteiger partial charge in [-0.3, -0.25) is 11.3 Å². The molecule has 0 aliphatic rings. The van der Waals surface area contributed by atoms with Crippen LogP contribution in [0.2, 0.25) is 0 Å². The molecule has 0 aliphatic heterocycles. The van der Waals surface area contributed by atoms with Crippen LogP contribution in [0.5, 0.6) is 5.75 Å². The Morgan fingerprint density at radius 2 is 2.06 bits per heavy atom. The first kappa shape index (κ1) is 14.0. The molecule has 96 valence electrons. The Bertz CT molecular complexity index is 367. The smallest absolute Gasteiger partial charge is 0.124 e. The molecule has 1 rings (SSSR count). The molecule has 1 unspecified atom stereocenters. The second-order valence-corrected chi connectivity index (χ2v) is 4.08. The van der Waals surface area contributed by atoms with Crippen molar-refractivity contribution in [2.45, 2.75) is 26.8 Å². The predicted octanol–water partition coefficient (Wildman–Crippen LogP) is 1.85. The van der Waals surface area contributed by atoms with Gasteiger partial charge in [0.15, 0.2) is 0 Å². The lowest BCUT2D eigenvalue weighted by Crippen LogP contribution is -2.32. The molecule has 1 aromatic rings. The molecule has 0 aromatic heterocycles. The maximum atomic E-state index is 5.59. The van der Waals surface area contributed by atoms with Crippen molar-refractivity contribution in [3.8, 4) is 5.75 Å². The molecule has 0 radical (unpaired) electrons. The number of aryl methyl sites for hydroxylation is 2. The first-order chi connectivity index (χ1) is 8.13. The van der Waals surface area contributed by atoms with Crippen molar-refractivity contribution in [1.29, 1.82) is 0 Å². The van der Waals surface area contributed by atoms with Gasteiger partial charge in [-0.15, -0.1) is 0 Å². The average molecular weight is 238 g/mol. The molecule has 4 heteroatoms. The number of hydrogen-bond acceptors (Lipinski definition) is 4. The van der Waals surface area contributed by atoms with Crippen LogP contribution in [0.3, 0.4) is 0 Å². The minimum atomic E-state index is -0.0505. The van der Waals surface area contributed by atoms with E-state index in [1.807, 2.05) is 19.9 Å². The summed E-state index contributed by atoms with van der Waals surface area (Å²) in [4.78, 5) is 0. The number of nitrogens with two attached hydrogens (primary N) is 1. The Kier molecular flexibility index (Phi) is 5.41. The molecule has 0 heterocycles. The van der Waals surface area contributed by atoms with Crippen molar-refractivity contribution < 1.29 is 9.47 Å². The van der Waals surface area contributed by atoms with E-state index in [9.17, 15) is 0 Å². The van der Waals surface area contributed by atoms with E-state index in [1.54, 1.807) is 7.11 Å². The van der Waals surface area contributed by atoms with E-state index in [1.165, 1.54) is 5.56 Å². The molecule has 0 amide bonds. The zero-order valence-electron chi connectivity index (χ0n) is 11.0. The standard InChI is InChI=1S/C13H22N2O2/c1-5-17-8-11(15-14)13-10(3)6-9(2)7-12(13)16-4/h6-7,11,15H,5,8,14H2,1-4H3. The first-order valence-electron chi connectivity index (χ1n) is 5.83. The van der Waals surface area contributed by atoms with E-state index < -0.39 is 0 Å². The van der Waals surface area contributed by atoms with E-state index in [0.717, 1.165) is 16.9 Å². The first-order valence-corrected chi connectivity index (χ1v) is 5.83. The molecule has 0 spiro atoms. The normalized spacial score (nSPS) is 12.5. The molecule has 0 saturated carbocycles. The number of nitrogens with one attached hydrogen (secondary N) is 1. The molecule has 1 atom stereocenters. The summed E-state index contributed by atoms with van der Waals surface area (Å²) in [6.07, 6.45) is 0. The summed E-state index contributed by atoms with van der Waals surface area (Å²) < 4.78 is 10.8. The van der Waals surface area contributed by atoms with Gasteiger partial charge in [-0.2, -0.15) is 0 Å². The van der Waals surface area contributed by atoms with Crippen LogP contribution in [0.4, 0.5) is 0 Å². The highest BCUT2D eigenvalue weighted by Gasteiger charge is 2.17. The summed E-state index contributed by atoms with van der Waals surface area (Å²) in [5, 5.41) is 0. The van der Waals surface area contributed by atoms with Gasteiger partial charge in [0.25, 0.3) is 0 Å². The zero-order valence-corrected chi connectivity index (χ0v) is 11.0. The summed E-state index contributed by atoms with van der Waals surface area (Å²) in [5.41, 5.74) is 6.18. The molecule has 3 N–H and O–H groups in total. The lowest BCUT2D eigenvalue weighted by atomic mass is 9.98. The summed E-state index contributed by atoms with van der Waals surface area (Å²) >= 11 is 0. The molecular weight excluding hydrogens is 216 g/mol. The summed E-state index contributed by atoms with van der Waals surface area (Å²) in [7, 11) is 1.67. The van der Waals surface area contributed by atoms with Crippen molar-refractivity contribution in [3.05, 3.63) is 28.8 Å². The molecule has 1 aromatic carbocycles. The lowest BCUT2D eigenvalue weighted by molar-refractivity contribution is 0.122. The Balaban J connectivity index is 3.08. The number of ether oxygens (including phenoxy) is 2. The highest BCUT2D eigenvalue weighted by atomic mass is 16.5. The maximum absolute atomic E-state index is 5.59. The van der Waals surface area contributed by atoms with Gasteiger partial charge in [-0.1, -0.05) is 6.07 Å². The molecule has 0 fully saturated rings. The van der Waals surface area contributed by atoms with Crippen molar-refractivity contribution in [3.63, 3.8) is 0 Å². The minimum absolute atomic E-state index is 0.0505. The summed E-state index contributed by atoms with van der Waals surface area (Å²) in [5.74, 6) is 6.44.